The lowest BCUT2D eigenvalue weighted by Gasteiger charge is -2.35. The number of hydrogen-bond acceptors (Lipinski definition) is 2. The predicted molar refractivity (Wildman–Crippen MR) is 128 cm³/mol. The van der Waals surface area contributed by atoms with Crippen molar-refractivity contribution >= 4 is 40.8 Å². The number of carbonyl (C=O) groups is 2. The van der Waals surface area contributed by atoms with E-state index < -0.39 is 0 Å². The first-order chi connectivity index (χ1) is 15.4. The van der Waals surface area contributed by atoms with Crippen molar-refractivity contribution in [2.24, 2.45) is 7.05 Å². The van der Waals surface area contributed by atoms with E-state index in [1.165, 1.54) is 6.42 Å². The first-order valence-electron chi connectivity index (χ1n) is 11.3. The third-order valence-electron chi connectivity index (χ3n) is 6.44. The van der Waals surface area contributed by atoms with Crippen molar-refractivity contribution in [3.8, 4) is 0 Å². The van der Waals surface area contributed by atoms with Gasteiger partial charge in [-0.1, -0.05) is 42.5 Å². The van der Waals surface area contributed by atoms with Crippen molar-refractivity contribution in [1.82, 2.24) is 14.4 Å². The summed E-state index contributed by atoms with van der Waals surface area (Å²) in [7, 11) is 1.99. The van der Waals surface area contributed by atoms with Crippen LogP contribution in [0.5, 0.6) is 0 Å². The van der Waals surface area contributed by atoms with E-state index in [0.29, 0.717) is 22.3 Å². The van der Waals surface area contributed by atoms with Crippen molar-refractivity contribution in [1.29, 1.82) is 0 Å². The van der Waals surface area contributed by atoms with Crippen LogP contribution in [0.4, 0.5) is 10.5 Å². The smallest absolute Gasteiger partial charge is 0.322 e. The van der Waals surface area contributed by atoms with E-state index >= 15 is 0 Å². The fourth-order valence-electron chi connectivity index (χ4n) is 4.41. The molecule has 2 aliphatic rings. The molecule has 2 saturated carbocycles. The van der Waals surface area contributed by atoms with E-state index in [1.807, 2.05) is 34.8 Å². The molecule has 0 radical (unpaired) electrons. The van der Waals surface area contributed by atoms with Gasteiger partial charge in [0.05, 0.1) is 16.6 Å². The molecule has 4 rings (SSSR count). The maximum Gasteiger partial charge on any atom is 0.322 e. The lowest BCUT2D eigenvalue weighted by molar-refractivity contribution is -0.133. The summed E-state index contributed by atoms with van der Waals surface area (Å²) in [5, 5.41) is 3.74. The van der Waals surface area contributed by atoms with Crippen LogP contribution in [-0.4, -0.2) is 44.9 Å². The van der Waals surface area contributed by atoms with Crippen LogP contribution in [0.15, 0.2) is 36.5 Å². The summed E-state index contributed by atoms with van der Waals surface area (Å²) in [5.74, 6) is 0.00330. The molecule has 32 heavy (non-hydrogen) atoms. The molecule has 1 aromatic heterocycles. The van der Waals surface area contributed by atoms with Gasteiger partial charge in [-0.05, 0) is 56.0 Å². The number of carbonyl (C=O) groups excluding carboxylic acids is 2. The number of nitrogens with zero attached hydrogens (tertiary/aromatic N) is 3. The molecule has 8 heteroatoms. The zero-order chi connectivity index (χ0) is 22.7. The van der Waals surface area contributed by atoms with Crippen LogP contribution in [0.2, 0.25) is 10.0 Å². The first kappa shape index (κ1) is 23.0. The number of aromatic nitrogens is 1. The van der Waals surface area contributed by atoms with Gasteiger partial charge in [-0.25, -0.2) is 4.79 Å². The van der Waals surface area contributed by atoms with Gasteiger partial charge in [0.2, 0.25) is 5.91 Å². The number of halogens is 2. The Labute approximate surface area is 199 Å². The Morgan fingerprint density at radius 1 is 1.00 bits per heavy atom. The van der Waals surface area contributed by atoms with E-state index in [-0.39, 0.29) is 30.6 Å². The number of hydrogen-bond donors (Lipinski definition) is 1. The van der Waals surface area contributed by atoms with Gasteiger partial charge in [-0.3, -0.25) is 4.79 Å². The zero-order valence-corrected chi connectivity index (χ0v) is 19.9. The van der Waals surface area contributed by atoms with Gasteiger partial charge in [0.15, 0.2) is 0 Å². The predicted octanol–water partition coefficient (Wildman–Crippen LogP) is 5.69. The standard InChI is InChI=1S/C24H30Cl2N4O2/c1-28-13-5-8-20(28)15-29(19-10-11-19)23(31)16-30(18-6-3-2-4-7-18)24(32)27-17-9-12-21(25)22(26)14-17/h5,8-9,12-14,18-19H,2-4,6-7,10-11,15-16H2,1H3,(H,27,32). The highest BCUT2D eigenvalue weighted by molar-refractivity contribution is 6.42. The maximum absolute atomic E-state index is 13.4. The van der Waals surface area contributed by atoms with E-state index in [2.05, 4.69) is 5.32 Å². The van der Waals surface area contributed by atoms with Crippen molar-refractivity contribution in [3.63, 3.8) is 0 Å². The van der Waals surface area contributed by atoms with Crippen LogP contribution in [0.3, 0.4) is 0 Å². The van der Waals surface area contributed by atoms with E-state index in [4.69, 9.17) is 23.2 Å². The monoisotopic (exact) mass is 476 g/mol. The number of nitrogens with one attached hydrogen (secondary N) is 1. The first-order valence-corrected chi connectivity index (χ1v) is 12.1. The summed E-state index contributed by atoms with van der Waals surface area (Å²) >= 11 is 12.1. The molecule has 6 nitrogen and oxygen atoms in total. The maximum atomic E-state index is 13.4. The van der Waals surface area contributed by atoms with Gasteiger partial charge in [0, 0.05) is 36.7 Å². The third-order valence-corrected chi connectivity index (χ3v) is 7.18. The summed E-state index contributed by atoms with van der Waals surface area (Å²) < 4.78 is 2.04. The highest BCUT2D eigenvalue weighted by Crippen LogP contribution is 2.30. The van der Waals surface area contributed by atoms with Gasteiger partial charge in [0.1, 0.15) is 6.54 Å². The Morgan fingerprint density at radius 3 is 2.34 bits per heavy atom. The van der Waals surface area contributed by atoms with Crippen LogP contribution in [0, 0.1) is 0 Å². The summed E-state index contributed by atoms with van der Waals surface area (Å²) in [5.41, 5.74) is 1.66. The summed E-state index contributed by atoms with van der Waals surface area (Å²) in [6.45, 7) is 0.651. The minimum atomic E-state index is -0.266. The summed E-state index contributed by atoms with van der Waals surface area (Å²) in [6.07, 6.45) is 9.20. The second-order valence-electron chi connectivity index (χ2n) is 8.84. The Bertz CT molecular complexity index is 967. The van der Waals surface area contributed by atoms with Gasteiger partial charge in [-0.15, -0.1) is 0 Å². The molecule has 1 N–H and O–H groups in total. The number of rotatable bonds is 7. The molecule has 0 spiro atoms. The second-order valence-corrected chi connectivity index (χ2v) is 9.66. The Morgan fingerprint density at radius 2 is 1.72 bits per heavy atom. The normalized spacial score (nSPS) is 16.6. The average molecular weight is 477 g/mol. The molecule has 0 bridgehead atoms. The lowest BCUT2D eigenvalue weighted by atomic mass is 9.94. The van der Waals surface area contributed by atoms with Gasteiger partial charge >= 0.3 is 6.03 Å². The fraction of sp³-hybridized carbons (Fsp3) is 0.500. The van der Waals surface area contributed by atoms with Crippen LogP contribution in [0.25, 0.3) is 0 Å². The molecule has 0 saturated heterocycles. The average Bonchev–Trinajstić information content (AvgIpc) is 3.54. The van der Waals surface area contributed by atoms with Gasteiger partial charge < -0.3 is 19.7 Å². The molecule has 172 valence electrons. The number of urea groups is 1. The van der Waals surface area contributed by atoms with Crippen molar-refractivity contribution < 1.29 is 9.59 Å². The SMILES string of the molecule is Cn1cccc1CN(C(=O)CN(C(=O)Nc1ccc(Cl)c(Cl)c1)C1CCCCC1)C1CC1. The van der Waals surface area contributed by atoms with Crippen molar-refractivity contribution in [3.05, 3.63) is 52.3 Å². The fourth-order valence-corrected chi connectivity index (χ4v) is 4.71. The minimum absolute atomic E-state index is 0.00330. The molecular weight excluding hydrogens is 447 g/mol. The molecule has 2 aliphatic carbocycles. The van der Waals surface area contributed by atoms with Crippen LogP contribution < -0.4 is 5.32 Å². The van der Waals surface area contributed by atoms with Crippen molar-refractivity contribution in [2.75, 3.05) is 11.9 Å². The quantitative estimate of drug-likeness (QED) is 0.557. The van der Waals surface area contributed by atoms with E-state index in [1.54, 1.807) is 23.1 Å². The number of benzene rings is 1. The molecule has 0 atom stereocenters. The molecule has 1 aromatic carbocycles. The lowest BCUT2D eigenvalue weighted by Crippen LogP contribution is -2.50. The molecule has 0 aliphatic heterocycles. The number of anilines is 1. The Kier molecular flexibility index (Phi) is 7.31. The third kappa shape index (κ3) is 5.59. The number of aryl methyl sites for hydroxylation is 1. The second kappa shape index (κ2) is 10.2. The van der Waals surface area contributed by atoms with E-state index in [0.717, 1.165) is 44.2 Å². The largest absolute Gasteiger partial charge is 0.353 e. The molecule has 0 unspecified atom stereocenters. The summed E-state index contributed by atoms with van der Waals surface area (Å²) in [6, 6.07) is 9.11. The molecule has 1 heterocycles. The van der Waals surface area contributed by atoms with Crippen LogP contribution >= 0.6 is 23.2 Å². The summed E-state index contributed by atoms with van der Waals surface area (Å²) in [4.78, 5) is 30.4. The molecular formula is C24H30Cl2N4O2. The minimum Gasteiger partial charge on any atom is -0.353 e. The molecule has 3 amide bonds. The van der Waals surface area contributed by atoms with Gasteiger partial charge in [0.25, 0.3) is 0 Å². The van der Waals surface area contributed by atoms with Crippen molar-refractivity contribution in [2.45, 2.75) is 63.6 Å². The van der Waals surface area contributed by atoms with Gasteiger partial charge in [-0.2, -0.15) is 0 Å². The Hall–Kier alpha value is -2.18. The molecule has 2 fully saturated rings. The topological polar surface area (TPSA) is 57.6 Å². The van der Waals surface area contributed by atoms with Crippen LogP contribution in [0.1, 0.15) is 50.6 Å². The van der Waals surface area contributed by atoms with Crippen LogP contribution in [-0.2, 0) is 18.4 Å². The van der Waals surface area contributed by atoms with E-state index in [9.17, 15) is 9.59 Å². The zero-order valence-electron chi connectivity index (χ0n) is 18.4. The number of amides is 3. The molecule has 2 aromatic rings. The highest BCUT2D eigenvalue weighted by atomic mass is 35.5. The Balaban J connectivity index is 1.50. The highest BCUT2D eigenvalue weighted by Gasteiger charge is 2.36.